The van der Waals surface area contributed by atoms with Crippen molar-refractivity contribution in [1.82, 2.24) is 15.0 Å². The second kappa shape index (κ2) is 4.77. The summed E-state index contributed by atoms with van der Waals surface area (Å²) in [5, 5.41) is 0.917. The molecule has 0 bridgehead atoms. The van der Waals surface area contributed by atoms with Crippen LogP contribution in [0.4, 0.5) is 10.2 Å². The highest BCUT2D eigenvalue weighted by Crippen LogP contribution is 2.34. The molecule has 3 aromatic rings. The van der Waals surface area contributed by atoms with E-state index in [9.17, 15) is 4.39 Å². The van der Waals surface area contributed by atoms with E-state index in [4.69, 9.17) is 5.84 Å². The Bertz CT molecular complexity index is 782. The largest absolute Gasteiger partial charge is 0.308 e. The van der Waals surface area contributed by atoms with Crippen molar-refractivity contribution in [2.75, 3.05) is 5.43 Å². The number of nitrogens with zero attached hydrogens (tertiary/aromatic N) is 3. The number of aryl methyl sites for hydroxylation is 2. The van der Waals surface area contributed by atoms with Crippen LogP contribution in [0.25, 0.3) is 21.7 Å². The number of nitrogens with two attached hydrogens (primary N) is 1. The van der Waals surface area contributed by atoms with Crippen molar-refractivity contribution >= 4 is 27.4 Å². The summed E-state index contributed by atoms with van der Waals surface area (Å²) >= 11 is 1.57. The molecule has 0 atom stereocenters. The van der Waals surface area contributed by atoms with E-state index in [-0.39, 0.29) is 0 Å². The zero-order valence-electron chi connectivity index (χ0n) is 10.9. The number of hydrazine groups is 1. The number of hydrogen-bond acceptors (Lipinski definition) is 6. The molecule has 5 nitrogen and oxygen atoms in total. The van der Waals surface area contributed by atoms with Crippen LogP contribution in [-0.4, -0.2) is 15.0 Å². The smallest absolute Gasteiger partial charge is 0.181 e. The lowest BCUT2D eigenvalue weighted by atomic mass is 10.2. The van der Waals surface area contributed by atoms with Crippen molar-refractivity contribution in [2.24, 2.45) is 5.84 Å². The van der Waals surface area contributed by atoms with Gasteiger partial charge in [-0.3, -0.25) is 0 Å². The van der Waals surface area contributed by atoms with Gasteiger partial charge in [0.2, 0.25) is 0 Å². The summed E-state index contributed by atoms with van der Waals surface area (Å²) in [5.74, 6) is 6.13. The maximum Gasteiger partial charge on any atom is 0.181 e. The first-order chi connectivity index (χ1) is 9.60. The van der Waals surface area contributed by atoms with Crippen LogP contribution in [0.5, 0.6) is 0 Å². The van der Waals surface area contributed by atoms with Gasteiger partial charge in [-0.25, -0.2) is 25.2 Å². The van der Waals surface area contributed by atoms with E-state index in [0.29, 0.717) is 17.3 Å². The second-order valence-corrected chi connectivity index (χ2v) is 5.57. The molecule has 0 aromatic carbocycles. The van der Waals surface area contributed by atoms with Crippen LogP contribution in [0.1, 0.15) is 10.4 Å². The van der Waals surface area contributed by atoms with Gasteiger partial charge in [0.25, 0.3) is 0 Å². The number of anilines is 1. The van der Waals surface area contributed by atoms with Crippen LogP contribution in [-0.2, 0) is 0 Å². The summed E-state index contributed by atoms with van der Waals surface area (Å²) in [6.45, 7) is 4.03. The molecule has 102 valence electrons. The summed E-state index contributed by atoms with van der Waals surface area (Å²) in [6.07, 6.45) is 1.14. The van der Waals surface area contributed by atoms with E-state index >= 15 is 0 Å². The molecule has 0 fully saturated rings. The molecule has 3 rings (SSSR count). The number of halogens is 1. The summed E-state index contributed by atoms with van der Waals surface area (Å²) in [5.41, 5.74) is 4.22. The average Bonchev–Trinajstić information content (AvgIpc) is 2.74. The molecule has 3 N–H and O–H groups in total. The predicted molar refractivity (Wildman–Crippen MR) is 77.9 cm³/mol. The summed E-state index contributed by atoms with van der Waals surface area (Å²) in [7, 11) is 0. The fraction of sp³-hybridized carbons (Fsp3) is 0.154. The van der Waals surface area contributed by atoms with Gasteiger partial charge in [0, 0.05) is 4.88 Å². The van der Waals surface area contributed by atoms with Crippen molar-refractivity contribution < 1.29 is 4.39 Å². The predicted octanol–water partition coefficient (Wildman–Crippen LogP) is 2.79. The molecule has 0 aliphatic carbocycles. The zero-order valence-corrected chi connectivity index (χ0v) is 11.8. The maximum absolute atomic E-state index is 12.9. The highest BCUT2D eigenvalue weighted by Gasteiger charge is 2.15. The summed E-state index contributed by atoms with van der Waals surface area (Å²) in [4.78, 5) is 14.9. The van der Waals surface area contributed by atoms with Crippen LogP contribution in [0.2, 0.25) is 0 Å². The number of rotatable bonds is 2. The third-order valence-electron chi connectivity index (χ3n) is 3.12. The molecular weight excluding hydrogens is 277 g/mol. The fourth-order valence-corrected chi connectivity index (χ4v) is 3.01. The summed E-state index contributed by atoms with van der Waals surface area (Å²) in [6, 6.07) is 2.88. The van der Waals surface area contributed by atoms with Crippen molar-refractivity contribution in [2.45, 2.75) is 13.8 Å². The first-order valence-corrected chi connectivity index (χ1v) is 6.78. The Kier molecular flexibility index (Phi) is 3.07. The summed E-state index contributed by atoms with van der Waals surface area (Å²) < 4.78 is 12.9. The first kappa shape index (κ1) is 12.9. The third kappa shape index (κ3) is 2.00. The Balaban J connectivity index is 2.25. The molecule has 7 heteroatoms. The molecule has 0 amide bonds. The van der Waals surface area contributed by atoms with Gasteiger partial charge < -0.3 is 5.43 Å². The number of pyridine rings is 1. The number of nitrogens with one attached hydrogen (secondary N) is 1. The highest BCUT2D eigenvalue weighted by molar-refractivity contribution is 7.18. The van der Waals surface area contributed by atoms with Crippen LogP contribution in [0.15, 0.2) is 18.3 Å². The first-order valence-electron chi connectivity index (χ1n) is 5.96. The van der Waals surface area contributed by atoms with Gasteiger partial charge in [0.05, 0.1) is 11.6 Å². The lowest BCUT2D eigenvalue weighted by Gasteiger charge is -2.05. The number of fused-ring (bicyclic) bond motifs is 1. The molecule has 0 saturated heterocycles. The van der Waals surface area contributed by atoms with Gasteiger partial charge in [-0.2, -0.15) is 0 Å². The van der Waals surface area contributed by atoms with Crippen LogP contribution in [0, 0.1) is 19.7 Å². The minimum Gasteiger partial charge on any atom is -0.308 e. The van der Waals surface area contributed by atoms with E-state index < -0.39 is 5.82 Å². The Morgan fingerprint density at radius 1 is 1.25 bits per heavy atom. The van der Waals surface area contributed by atoms with E-state index in [1.54, 1.807) is 17.4 Å². The molecule has 0 spiro atoms. The lowest BCUT2D eigenvalue weighted by molar-refractivity contribution is 0.621. The molecular formula is C13H12FN5S. The SMILES string of the molecule is Cc1sc2nc(-c3ccc(F)cn3)nc(NN)c2c1C. The Morgan fingerprint density at radius 2 is 2.05 bits per heavy atom. The Morgan fingerprint density at radius 3 is 2.70 bits per heavy atom. The molecule has 3 aromatic heterocycles. The van der Waals surface area contributed by atoms with Gasteiger partial charge >= 0.3 is 0 Å². The van der Waals surface area contributed by atoms with E-state index in [0.717, 1.165) is 26.9 Å². The standard InChI is InChI=1S/C13H12FN5S/c1-6-7(2)20-13-10(6)12(19-15)17-11(18-13)9-4-3-8(14)5-16-9/h3-5H,15H2,1-2H3,(H,17,18,19). The third-order valence-corrected chi connectivity index (χ3v) is 4.22. The molecule has 0 radical (unpaired) electrons. The van der Waals surface area contributed by atoms with Gasteiger partial charge in [-0.05, 0) is 31.5 Å². The molecule has 0 saturated carbocycles. The second-order valence-electron chi connectivity index (χ2n) is 4.37. The topological polar surface area (TPSA) is 76.7 Å². The number of nitrogen functional groups attached to an aromatic ring is 1. The zero-order chi connectivity index (χ0) is 14.3. The van der Waals surface area contributed by atoms with Gasteiger partial charge in [0.15, 0.2) is 11.6 Å². The van der Waals surface area contributed by atoms with Crippen molar-refractivity contribution in [3.05, 3.63) is 34.6 Å². The minimum absolute atomic E-state index is 0.394. The lowest BCUT2D eigenvalue weighted by Crippen LogP contribution is -2.10. The number of aromatic nitrogens is 3. The van der Waals surface area contributed by atoms with E-state index in [2.05, 4.69) is 20.4 Å². The molecule has 20 heavy (non-hydrogen) atoms. The average molecular weight is 289 g/mol. The quantitative estimate of drug-likeness (QED) is 0.560. The molecule has 0 unspecified atom stereocenters. The van der Waals surface area contributed by atoms with E-state index in [1.807, 2.05) is 13.8 Å². The monoisotopic (exact) mass is 289 g/mol. The van der Waals surface area contributed by atoms with E-state index in [1.165, 1.54) is 6.07 Å². The van der Waals surface area contributed by atoms with Crippen LogP contribution in [0.3, 0.4) is 0 Å². The maximum atomic E-state index is 12.9. The van der Waals surface area contributed by atoms with Crippen molar-refractivity contribution in [1.29, 1.82) is 0 Å². The highest BCUT2D eigenvalue weighted by atomic mass is 32.1. The van der Waals surface area contributed by atoms with Gasteiger partial charge in [-0.1, -0.05) is 0 Å². The van der Waals surface area contributed by atoms with Crippen molar-refractivity contribution in [3.8, 4) is 11.5 Å². The number of hydrogen-bond donors (Lipinski definition) is 2. The molecule has 3 heterocycles. The molecule has 0 aliphatic heterocycles. The van der Waals surface area contributed by atoms with Crippen molar-refractivity contribution in [3.63, 3.8) is 0 Å². The minimum atomic E-state index is -0.394. The fourth-order valence-electron chi connectivity index (χ4n) is 1.98. The molecule has 0 aliphatic rings. The van der Waals surface area contributed by atoms with Gasteiger partial charge in [0.1, 0.15) is 16.3 Å². The number of thiophene rings is 1. The van der Waals surface area contributed by atoms with Crippen LogP contribution >= 0.6 is 11.3 Å². The Hall–Kier alpha value is -2.12. The van der Waals surface area contributed by atoms with Crippen LogP contribution < -0.4 is 11.3 Å². The Labute approximate surface area is 118 Å². The normalized spacial score (nSPS) is 11.0. The van der Waals surface area contributed by atoms with Gasteiger partial charge in [-0.15, -0.1) is 11.3 Å².